The topological polar surface area (TPSA) is 69.7 Å². The van der Waals surface area contributed by atoms with Gasteiger partial charge in [0, 0.05) is 25.6 Å². The summed E-state index contributed by atoms with van der Waals surface area (Å²) >= 11 is 0. The minimum Gasteiger partial charge on any atom is -0.354 e. The Morgan fingerprint density at radius 3 is 2.17 bits per heavy atom. The molecule has 1 aliphatic rings. The molecule has 6 nitrogen and oxygen atoms in total. The average molecular weight is 331 g/mol. The van der Waals surface area contributed by atoms with Crippen molar-refractivity contribution in [3.8, 4) is 0 Å². The van der Waals surface area contributed by atoms with E-state index in [0.717, 1.165) is 18.0 Å². The molecule has 6 heteroatoms. The molecular formula is C18H25N3O3. The van der Waals surface area contributed by atoms with Crippen molar-refractivity contribution in [3.63, 3.8) is 0 Å². The standard InChI is InChI=1S/C18H25N3O3/c1-4-20(5-2)13(3)12-19-16(22)10-11-21-17(23)14-8-6-7-9-15(14)18(21)24/h6-9,13H,4-5,10-12H2,1-3H3,(H,19,22). The highest BCUT2D eigenvalue weighted by atomic mass is 16.2. The molecule has 2 rings (SSSR count). The Bertz CT molecular complexity index is 591. The second-order valence-corrected chi connectivity index (χ2v) is 5.93. The maximum absolute atomic E-state index is 12.2. The number of hydrogen-bond acceptors (Lipinski definition) is 4. The minimum atomic E-state index is -0.320. The average Bonchev–Trinajstić information content (AvgIpc) is 2.83. The lowest BCUT2D eigenvalue weighted by molar-refractivity contribution is -0.121. The van der Waals surface area contributed by atoms with Crippen LogP contribution in [0.3, 0.4) is 0 Å². The fourth-order valence-electron chi connectivity index (χ4n) is 2.98. The number of fused-ring (bicyclic) bond motifs is 1. The molecule has 0 saturated carbocycles. The highest BCUT2D eigenvalue weighted by Gasteiger charge is 2.34. The molecule has 0 aromatic heterocycles. The summed E-state index contributed by atoms with van der Waals surface area (Å²) in [6.45, 7) is 8.78. The van der Waals surface area contributed by atoms with E-state index in [2.05, 4.69) is 31.0 Å². The summed E-state index contributed by atoms with van der Waals surface area (Å²) in [7, 11) is 0. The maximum atomic E-state index is 12.2. The van der Waals surface area contributed by atoms with Gasteiger partial charge in [-0.1, -0.05) is 26.0 Å². The van der Waals surface area contributed by atoms with E-state index in [9.17, 15) is 14.4 Å². The van der Waals surface area contributed by atoms with Gasteiger partial charge in [-0.15, -0.1) is 0 Å². The molecule has 1 N–H and O–H groups in total. The number of rotatable bonds is 8. The third-order valence-electron chi connectivity index (χ3n) is 4.47. The summed E-state index contributed by atoms with van der Waals surface area (Å²) in [4.78, 5) is 39.9. The Morgan fingerprint density at radius 1 is 1.12 bits per heavy atom. The monoisotopic (exact) mass is 331 g/mol. The zero-order valence-electron chi connectivity index (χ0n) is 14.5. The van der Waals surface area contributed by atoms with Crippen LogP contribution >= 0.6 is 0 Å². The van der Waals surface area contributed by atoms with E-state index in [1.807, 2.05) is 0 Å². The number of hydrogen-bond donors (Lipinski definition) is 1. The van der Waals surface area contributed by atoms with Crippen LogP contribution in [0.4, 0.5) is 0 Å². The zero-order valence-corrected chi connectivity index (χ0v) is 14.5. The number of nitrogens with zero attached hydrogens (tertiary/aromatic N) is 2. The normalized spacial score (nSPS) is 14.9. The molecule has 0 bridgehead atoms. The van der Waals surface area contributed by atoms with E-state index in [1.165, 1.54) is 0 Å². The van der Waals surface area contributed by atoms with Crippen molar-refractivity contribution in [1.82, 2.24) is 15.1 Å². The van der Waals surface area contributed by atoms with Gasteiger partial charge in [-0.3, -0.25) is 24.2 Å². The van der Waals surface area contributed by atoms with Crippen LogP contribution in [0.5, 0.6) is 0 Å². The van der Waals surface area contributed by atoms with E-state index in [4.69, 9.17) is 0 Å². The molecule has 1 aliphatic heterocycles. The predicted octanol–water partition coefficient (Wildman–Crippen LogP) is 1.52. The van der Waals surface area contributed by atoms with Crippen molar-refractivity contribution < 1.29 is 14.4 Å². The number of likely N-dealkylation sites (N-methyl/N-ethyl adjacent to an activating group) is 1. The third kappa shape index (κ3) is 3.82. The molecule has 3 amide bonds. The van der Waals surface area contributed by atoms with Gasteiger partial charge in [0.2, 0.25) is 5.91 Å². The zero-order chi connectivity index (χ0) is 17.7. The molecule has 1 aromatic rings. The fourth-order valence-corrected chi connectivity index (χ4v) is 2.98. The molecule has 1 unspecified atom stereocenters. The minimum absolute atomic E-state index is 0.109. The first-order valence-corrected chi connectivity index (χ1v) is 8.45. The van der Waals surface area contributed by atoms with Gasteiger partial charge in [-0.2, -0.15) is 0 Å². The van der Waals surface area contributed by atoms with E-state index >= 15 is 0 Å². The van der Waals surface area contributed by atoms with Gasteiger partial charge in [0.15, 0.2) is 0 Å². The van der Waals surface area contributed by atoms with Crippen molar-refractivity contribution in [2.45, 2.75) is 33.2 Å². The number of benzene rings is 1. The first-order chi connectivity index (χ1) is 11.5. The molecule has 1 heterocycles. The Labute approximate surface area is 142 Å². The summed E-state index contributed by atoms with van der Waals surface area (Å²) in [5.41, 5.74) is 0.830. The smallest absolute Gasteiger partial charge is 0.261 e. The van der Waals surface area contributed by atoms with Crippen LogP contribution in [0, 0.1) is 0 Å². The second-order valence-electron chi connectivity index (χ2n) is 5.93. The molecule has 0 spiro atoms. The molecule has 24 heavy (non-hydrogen) atoms. The van der Waals surface area contributed by atoms with Crippen molar-refractivity contribution in [2.75, 3.05) is 26.2 Å². The fraction of sp³-hybridized carbons (Fsp3) is 0.500. The summed E-state index contributed by atoms with van der Waals surface area (Å²) < 4.78 is 0. The Balaban J connectivity index is 1.83. The van der Waals surface area contributed by atoms with Crippen LogP contribution < -0.4 is 5.32 Å². The number of nitrogens with one attached hydrogen (secondary N) is 1. The van der Waals surface area contributed by atoms with Crippen LogP contribution in [0.2, 0.25) is 0 Å². The van der Waals surface area contributed by atoms with Gasteiger partial charge in [-0.05, 0) is 32.1 Å². The molecule has 0 saturated heterocycles. The highest BCUT2D eigenvalue weighted by molar-refractivity contribution is 6.21. The molecule has 1 aromatic carbocycles. The number of carbonyl (C=O) groups excluding carboxylic acids is 3. The lowest BCUT2D eigenvalue weighted by Crippen LogP contribution is -2.42. The van der Waals surface area contributed by atoms with Gasteiger partial charge in [0.05, 0.1) is 11.1 Å². The van der Waals surface area contributed by atoms with Gasteiger partial charge >= 0.3 is 0 Å². The Kier molecular flexibility index (Phi) is 6.09. The first kappa shape index (κ1) is 18.1. The number of imide groups is 1. The third-order valence-corrected chi connectivity index (χ3v) is 4.47. The molecular weight excluding hydrogens is 306 g/mol. The van der Waals surface area contributed by atoms with Crippen LogP contribution in [0.15, 0.2) is 24.3 Å². The second kappa shape index (κ2) is 8.06. The summed E-state index contributed by atoms with van der Waals surface area (Å²) in [6.07, 6.45) is 0.121. The molecule has 1 atom stereocenters. The summed E-state index contributed by atoms with van der Waals surface area (Å²) in [6, 6.07) is 7.00. The van der Waals surface area contributed by atoms with Gasteiger partial charge in [0.25, 0.3) is 11.8 Å². The Hall–Kier alpha value is -2.21. The maximum Gasteiger partial charge on any atom is 0.261 e. The van der Waals surface area contributed by atoms with Crippen LogP contribution in [-0.2, 0) is 4.79 Å². The van der Waals surface area contributed by atoms with E-state index in [-0.39, 0.29) is 36.7 Å². The van der Waals surface area contributed by atoms with Crippen molar-refractivity contribution in [3.05, 3.63) is 35.4 Å². The van der Waals surface area contributed by atoms with Gasteiger partial charge < -0.3 is 5.32 Å². The number of carbonyl (C=O) groups is 3. The van der Waals surface area contributed by atoms with Crippen molar-refractivity contribution in [1.29, 1.82) is 0 Å². The molecule has 0 fully saturated rings. The molecule has 0 radical (unpaired) electrons. The first-order valence-electron chi connectivity index (χ1n) is 8.45. The van der Waals surface area contributed by atoms with Crippen molar-refractivity contribution >= 4 is 17.7 Å². The predicted molar refractivity (Wildman–Crippen MR) is 91.8 cm³/mol. The van der Waals surface area contributed by atoms with E-state index in [0.29, 0.717) is 17.7 Å². The largest absolute Gasteiger partial charge is 0.354 e. The highest BCUT2D eigenvalue weighted by Crippen LogP contribution is 2.22. The van der Waals surface area contributed by atoms with Gasteiger partial charge in [-0.25, -0.2) is 0 Å². The Morgan fingerprint density at radius 2 is 1.67 bits per heavy atom. The lowest BCUT2D eigenvalue weighted by Gasteiger charge is -2.26. The SMILES string of the molecule is CCN(CC)C(C)CNC(=O)CCN1C(=O)c2ccccc2C1=O. The van der Waals surface area contributed by atoms with E-state index < -0.39 is 0 Å². The lowest BCUT2D eigenvalue weighted by atomic mass is 10.1. The summed E-state index contributed by atoms with van der Waals surface area (Å²) in [5.74, 6) is -0.787. The quantitative estimate of drug-likeness (QED) is 0.733. The van der Waals surface area contributed by atoms with Crippen LogP contribution in [0.1, 0.15) is 47.9 Å². The van der Waals surface area contributed by atoms with Gasteiger partial charge in [0.1, 0.15) is 0 Å². The van der Waals surface area contributed by atoms with Crippen LogP contribution in [0.25, 0.3) is 0 Å². The molecule has 130 valence electrons. The number of amides is 3. The van der Waals surface area contributed by atoms with Crippen LogP contribution in [-0.4, -0.2) is 59.7 Å². The van der Waals surface area contributed by atoms with Crippen molar-refractivity contribution in [2.24, 2.45) is 0 Å². The van der Waals surface area contributed by atoms with E-state index in [1.54, 1.807) is 24.3 Å². The summed E-state index contributed by atoms with van der Waals surface area (Å²) in [5, 5.41) is 2.88. The molecule has 0 aliphatic carbocycles.